The van der Waals surface area contributed by atoms with Gasteiger partial charge in [0.05, 0.1) is 24.9 Å². The van der Waals surface area contributed by atoms with Crippen LogP contribution >= 0.6 is 0 Å². The number of aliphatic hydroxyl groups excluding tert-OH is 1. The molecule has 9 heteroatoms. The number of carboxylic acids is 1. The Labute approximate surface area is 108 Å². The molecule has 1 amide bonds. The molecule has 0 spiro atoms. The summed E-state index contributed by atoms with van der Waals surface area (Å²) in [6, 6.07) is -0.399. The molecule has 0 radical (unpaired) electrons. The highest BCUT2D eigenvalue weighted by Crippen LogP contribution is 2.06. The molecule has 0 aromatic carbocycles. The van der Waals surface area contributed by atoms with E-state index in [2.05, 4.69) is 20.9 Å². The van der Waals surface area contributed by atoms with Crippen LogP contribution in [0.5, 0.6) is 0 Å². The quantitative estimate of drug-likeness (QED) is 0.473. The van der Waals surface area contributed by atoms with Crippen molar-refractivity contribution in [1.29, 1.82) is 0 Å². The monoisotopic (exact) mass is 269 g/mol. The van der Waals surface area contributed by atoms with E-state index in [4.69, 9.17) is 5.11 Å². The van der Waals surface area contributed by atoms with E-state index in [0.29, 0.717) is 18.7 Å². The number of hydrogen-bond donors (Lipinski definition) is 4. The Morgan fingerprint density at radius 2 is 2.37 bits per heavy atom. The Balaban J connectivity index is 1.80. The number of carbonyl (C=O) groups is 2. The van der Waals surface area contributed by atoms with Gasteiger partial charge in [-0.1, -0.05) is 5.21 Å². The molecule has 9 nitrogen and oxygen atoms in total. The standard InChI is InChI=1S/C10H15N5O4/c16-7-1-8(11-3-7)10(19)12-2-6-4-15(14-13-6)5-9(17)18/h4,7-8,11,16H,1-3,5H2,(H,12,19)(H,17,18). The van der Waals surface area contributed by atoms with Crippen molar-refractivity contribution in [3.63, 3.8) is 0 Å². The number of carbonyl (C=O) groups excluding carboxylic acids is 1. The van der Waals surface area contributed by atoms with Gasteiger partial charge in [-0.05, 0) is 6.42 Å². The second kappa shape index (κ2) is 5.76. The van der Waals surface area contributed by atoms with E-state index in [1.165, 1.54) is 10.9 Å². The molecule has 2 heterocycles. The number of β-amino-alcohol motifs (C(OH)–C–C–N with tert-alkyl or cyclic N) is 1. The summed E-state index contributed by atoms with van der Waals surface area (Å²) in [4.78, 5) is 22.2. The number of aliphatic carboxylic acids is 1. The number of carboxylic acid groups (broad SMARTS) is 1. The highest BCUT2D eigenvalue weighted by molar-refractivity contribution is 5.82. The number of hydrogen-bond acceptors (Lipinski definition) is 6. The van der Waals surface area contributed by atoms with Gasteiger partial charge in [0.2, 0.25) is 5.91 Å². The molecule has 0 aliphatic carbocycles. The van der Waals surface area contributed by atoms with Crippen LogP contribution in [0.3, 0.4) is 0 Å². The molecule has 2 rings (SSSR count). The van der Waals surface area contributed by atoms with Gasteiger partial charge < -0.3 is 20.8 Å². The second-order valence-electron chi connectivity index (χ2n) is 4.37. The molecule has 104 valence electrons. The normalized spacial score (nSPS) is 22.4. The number of nitrogens with zero attached hydrogens (tertiary/aromatic N) is 3. The zero-order chi connectivity index (χ0) is 13.8. The minimum atomic E-state index is -1.01. The first-order valence-corrected chi connectivity index (χ1v) is 5.84. The second-order valence-corrected chi connectivity index (χ2v) is 4.37. The van der Waals surface area contributed by atoms with Crippen molar-refractivity contribution >= 4 is 11.9 Å². The van der Waals surface area contributed by atoms with Crippen LogP contribution in [0.4, 0.5) is 0 Å². The highest BCUT2D eigenvalue weighted by Gasteiger charge is 2.27. The summed E-state index contributed by atoms with van der Waals surface area (Å²) in [6.45, 7) is 0.316. The molecule has 1 saturated heterocycles. The third-order valence-corrected chi connectivity index (χ3v) is 2.75. The average Bonchev–Trinajstić information content (AvgIpc) is 2.94. The van der Waals surface area contributed by atoms with Crippen molar-refractivity contribution in [1.82, 2.24) is 25.6 Å². The molecule has 4 N–H and O–H groups in total. The first-order valence-electron chi connectivity index (χ1n) is 5.84. The Bertz CT molecular complexity index is 474. The van der Waals surface area contributed by atoms with Crippen LogP contribution in [-0.2, 0) is 22.7 Å². The number of rotatable bonds is 5. The van der Waals surface area contributed by atoms with Gasteiger partial charge in [0, 0.05) is 6.54 Å². The smallest absolute Gasteiger partial charge is 0.325 e. The van der Waals surface area contributed by atoms with E-state index in [-0.39, 0.29) is 19.0 Å². The van der Waals surface area contributed by atoms with Crippen LogP contribution in [0.1, 0.15) is 12.1 Å². The maximum atomic E-state index is 11.7. The van der Waals surface area contributed by atoms with E-state index in [1.54, 1.807) is 0 Å². The maximum absolute atomic E-state index is 11.7. The van der Waals surface area contributed by atoms with Gasteiger partial charge in [-0.2, -0.15) is 0 Å². The SMILES string of the molecule is O=C(O)Cn1cc(CNC(=O)C2CC(O)CN2)nn1. The van der Waals surface area contributed by atoms with Gasteiger partial charge in [-0.3, -0.25) is 9.59 Å². The molecule has 1 aliphatic heterocycles. The van der Waals surface area contributed by atoms with E-state index < -0.39 is 18.1 Å². The number of aromatic nitrogens is 3. The molecular weight excluding hydrogens is 254 g/mol. The van der Waals surface area contributed by atoms with E-state index in [9.17, 15) is 14.7 Å². The lowest BCUT2D eigenvalue weighted by Crippen LogP contribution is -2.40. The summed E-state index contributed by atoms with van der Waals surface area (Å²) in [5.41, 5.74) is 0.480. The predicted molar refractivity (Wildman–Crippen MR) is 61.9 cm³/mol. The zero-order valence-corrected chi connectivity index (χ0v) is 10.1. The van der Waals surface area contributed by atoms with Crippen molar-refractivity contribution in [3.05, 3.63) is 11.9 Å². The Hall–Kier alpha value is -2.00. The van der Waals surface area contributed by atoms with Crippen LogP contribution in [0, 0.1) is 0 Å². The summed E-state index contributed by atoms with van der Waals surface area (Å²) in [5, 5.41) is 30.8. The Kier molecular flexibility index (Phi) is 4.07. The van der Waals surface area contributed by atoms with E-state index >= 15 is 0 Å². The summed E-state index contributed by atoms with van der Waals surface area (Å²) in [7, 11) is 0. The molecule has 0 bridgehead atoms. The molecule has 1 aliphatic rings. The minimum absolute atomic E-state index is 0.173. The van der Waals surface area contributed by atoms with Gasteiger partial charge >= 0.3 is 5.97 Å². The van der Waals surface area contributed by atoms with Gasteiger partial charge in [0.15, 0.2) is 0 Å². The van der Waals surface area contributed by atoms with E-state index in [1.807, 2.05) is 0 Å². The summed E-state index contributed by atoms with van der Waals surface area (Å²) in [5.74, 6) is -1.23. The van der Waals surface area contributed by atoms with Crippen LogP contribution in [0.25, 0.3) is 0 Å². The largest absolute Gasteiger partial charge is 0.480 e. The Morgan fingerprint density at radius 1 is 1.58 bits per heavy atom. The van der Waals surface area contributed by atoms with Crippen molar-refractivity contribution < 1.29 is 19.8 Å². The fourth-order valence-corrected chi connectivity index (χ4v) is 1.85. The highest BCUT2D eigenvalue weighted by atomic mass is 16.4. The minimum Gasteiger partial charge on any atom is -0.480 e. The van der Waals surface area contributed by atoms with Crippen LogP contribution in [-0.4, -0.2) is 55.8 Å². The maximum Gasteiger partial charge on any atom is 0.325 e. The van der Waals surface area contributed by atoms with E-state index in [0.717, 1.165) is 0 Å². The van der Waals surface area contributed by atoms with Gasteiger partial charge in [0.1, 0.15) is 12.2 Å². The molecule has 2 unspecified atom stereocenters. The predicted octanol–water partition coefficient (Wildman–Crippen LogP) is -2.30. The topological polar surface area (TPSA) is 129 Å². The molecule has 1 aromatic rings. The molecule has 2 atom stereocenters. The zero-order valence-electron chi connectivity index (χ0n) is 10.1. The molecular formula is C10H15N5O4. The average molecular weight is 269 g/mol. The van der Waals surface area contributed by atoms with Crippen molar-refractivity contribution in [2.24, 2.45) is 0 Å². The van der Waals surface area contributed by atoms with Gasteiger partial charge in [0.25, 0.3) is 0 Å². The number of aliphatic hydroxyl groups is 1. The fraction of sp³-hybridized carbons (Fsp3) is 0.600. The lowest BCUT2D eigenvalue weighted by Gasteiger charge is -2.09. The molecule has 0 saturated carbocycles. The molecule has 1 aromatic heterocycles. The summed E-state index contributed by atoms with van der Waals surface area (Å²) >= 11 is 0. The first-order chi connectivity index (χ1) is 9.04. The third kappa shape index (κ3) is 3.73. The summed E-state index contributed by atoms with van der Waals surface area (Å²) in [6.07, 6.45) is 1.36. The lowest BCUT2D eigenvalue weighted by atomic mass is 10.2. The van der Waals surface area contributed by atoms with Crippen molar-refractivity contribution in [2.75, 3.05) is 6.54 Å². The van der Waals surface area contributed by atoms with Gasteiger partial charge in [-0.15, -0.1) is 5.10 Å². The van der Waals surface area contributed by atoms with Crippen LogP contribution < -0.4 is 10.6 Å². The number of amides is 1. The first kappa shape index (κ1) is 13.4. The van der Waals surface area contributed by atoms with Gasteiger partial charge in [-0.25, -0.2) is 4.68 Å². The number of nitrogens with one attached hydrogen (secondary N) is 2. The van der Waals surface area contributed by atoms with Crippen LogP contribution in [0.15, 0.2) is 6.20 Å². The van der Waals surface area contributed by atoms with Crippen molar-refractivity contribution in [3.8, 4) is 0 Å². The molecule has 19 heavy (non-hydrogen) atoms. The van der Waals surface area contributed by atoms with Crippen LogP contribution in [0.2, 0.25) is 0 Å². The summed E-state index contributed by atoms with van der Waals surface area (Å²) < 4.78 is 1.18. The molecule has 1 fully saturated rings. The fourth-order valence-electron chi connectivity index (χ4n) is 1.85. The third-order valence-electron chi connectivity index (χ3n) is 2.75. The Morgan fingerprint density at radius 3 is 3.00 bits per heavy atom. The van der Waals surface area contributed by atoms with Crippen molar-refractivity contribution in [2.45, 2.75) is 31.7 Å². The lowest BCUT2D eigenvalue weighted by molar-refractivity contribution is -0.138.